The van der Waals surface area contributed by atoms with Gasteiger partial charge in [0.05, 0.1) is 23.3 Å². The van der Waals surface area contributed by atoms with Gasteiger partial charge >= 0.3 is 12.3 Å². The summed E-state index contributed by atoms with van der Waals surface area (Å²) in [7, 11) is 0. The molecule has 1 aromatic heterocycles. The molecule has 1 amide bonds. The maximum Gasteiger partial charge on any atom is 0.416 e. The molecule has 9 heteroatoms. The molecule has 1 aromatic carbocycles. The van der Waals surface area contributed by atoms with E-state index in [1.54, 1.807) is 4.90 Å². The summed E-state index contributed by atoms with van der Waals surface area (Å²) >= 11 is 2.24. The van der Waals surface area contributed by atoms with Crippen LogP contribution < -0.4 is 0 Å². The molecular weight excluding hydrogens is 546 g/mol. The van der Waals surface area contributed by atoms with Crippen molar-refractivity contribution in [3.05, 3.63) is 50.6 Å². The van der Waals surface area contributed by atoms with E-state index in [4.69, 9.17) is 9.72 Å². The Morgan fingerprint density at radius 1 is 1.18 bits per heavy atom. The lowest BCUT2D eigenvalue weighted by molar-refractivity contribution is -0.137. The topological polar surface area (TPSA) is 47.4 Å². The van der Waals surface area contributed by atoms with Crippen LogP contribution in [0.2, 0.25) is 0 Å². The van der Waals surface area contributed by atoms with Crippen molar-refractivity contribution in [2.75, 3.05) is 0 Å². The summed E-state index contributed by atoms with van der Waals surface area (Å²) in [5, 5.41) is 0. The molecule has 1 aliphatic carbocycles. The van der Waals surface area contributed by atoms with Gasteiger partial charge in [-0.05, 0) is 93.7 Å². The van der Waals surface area contributed by atoms with E-state index in [0.29, 0.717) is 25.3 Å². The number of fused-ring (bicyclic) bond motifs is 1. The first kappa shape index (κ1) is 24.3. The van der Waals surface area contributed by atoms with Crippen molar-refractivity contribution in [3.8, 4) is 0 Å². The Balaban J connectivity index is 1.64. The van der Waals surface area contributed by atoms with E-state index in [1.807, 2.05) is 27.7 Å². The quantitative estimate of drug-likeness (QED) is 0.382. The van der Waals surface area contributed by atoms with E-state index in [2.05, 4.69) is 27.2 Å². The van der Waals surface area contributed by atoms with Gasteiger partial charge in [-0.3, -0.25) is 4.90 Å². The number of hydrogen-bond donors (Lipinski definition) is 0. The Kier molecular flexibility index (Phi) is 6.48. The van der Waals surface area contributed by atoms with E-state index in [0.717, 1.165) is 45.8 Å². The van der Waals surface area contributed by atoms with E-state index >= 15 is 0 Å². The number of aryl methyl sites for hydroxylation is 1. The van der Waals surface area contributed by atoms with Crippen molar-refractivity contribution in [3.63, 3.8) is 0 Å². The van der Waals surface area contributed by atoms with E-state index in [-0.39, 0.29) is 18.2 Å². The number of rotatable bonds is 4. The molecule has 33 heavy (non-hydrogen) atoms. The van der Waals surface area contributed by atoms with Gasteiger partial charge < -0.3 is 9.30 Å². The van der Waals surface area contributed by atoms with Crippen molar-refractivity contribution in [2.45, 2.75) is 89.7 Å². The number of hydrogen-bond acceptors (Lipinski definition) is 3. The van der Waals surface area contributed by atoms with E-state index in [1.165, 1.54) is 12.1 Å². The van der Waals surface area contributed by atoms with E-state index < -0.39 is 17.3 Å². The molecule has 0 spiro atoms. The second-order valence-corrected chi connectivity index (χ2v) is 11.0. The minimum absolute atomic E-state index is 0.0903. The second kappa shape index (κ2) is 8.78. The lowest BCUT2D eigenvalue weighted by Crippen LogP contribution is -2.50. The SMILES string of the molecule is CC1Cn2c(C3CC3)nc(I)c2C(CCc2ccc(C(F)(F)F)cc2)N1C(=O)OC(C)(C)C. The maximum absolute atomic E-state index is 13.2. The highest BCUT2D eigenvalue weighted by Crippen LogP contribution is 2.44. The van der Waals surface area contributed by atoms with Crippen LogP contribution in [-0.4, -0.2) is 32.2 Å². The molecule has 0 radical (unpaired) electrons. The number of amides is 1. The number of benzene rings is 1. The summed E-state index contributed by atoms with van der Waals surface area (Å²) in [4.78, 5) is 19.9. The van der Waals surface area contributed by atoms with Crippen LogP contribution in [0.5, 0.6) is 0 Å². The molecule has 0 bridgehead atoms. The van der Waals surface area contributed by atoms with Crippen molar-refractivity contribution in [1.82, 2.24) is 14.5 Å². The monoisotopic (exact) mass is 575 g/mol. The van der Waals surface area contributed by atoms with Gasteiger partial charge in [0.1, 0.15) is 15.1 Å². The molecule has 180 valence electrons. The summed E-state index contributed by atoms with van der Waals surface area (Å²) in [6, 6.07) is 4.91. The van der Waals surface area contributed by atoms with Crippen LogP contribution in [0.1, 0.15) is 81.6 Å². The number of halogens is 4. The highest BCUT2D eigenvalue weighted by Gasteiger charge is 2.42. The molecule has 2 heterocycles. The van der Waals surface area contributed by atoms with Gasteiger partial charge in [-0.2, -0.15) is 13.2 Å². The first-order valence-corrected chi connectivity index (χ1v) is 12.4. The van der Waals surface area contributed by atoms with Gasteiger partial charge in [0.25, 0.3) is 0 Å². The number of imidazole rings is 1. The van der Waals surface area contributed by atoms with Gasteiger partial charge in [-0.25, -0.2) is 9.78 Å². The van der Waals surface area contributed by atoms with Crippen LogP contribution >= 0.6 is 22.6 Å². The summed E-state index contributed by atoms with van der Waals surface area (Å²) in [6.45, 7) is 8.20. The standard InChI is InChI=1S/C24H29F3IN3O2/c1-14-13-30-19(20(28)29-21(30)16-8-9-16)18(31(14)22(32)33-23(2,3)4)12-7-15-5-10-17(11-6-15)24(25,26)27/h5-6,10-11,14,16,18H,7-9,12-13H2,1-4H3. The zero-order valence-electron chi connectivity index (χ0n) is 19.2. The zero-order chi connectivity index (χ0) is 24.1. The molecule has 2 atom stereocenters. The molecule has 2 aromatic rings. The fourth-order valence-corrected chi connectivity index (χ4v) is 5.37. The molecule has 4 rings (SSSR count). The third kappa shape index (κ3) is 5.33. The highest BCUT2D eigenvalue weighted by atomic mass is 127. The summed E-state index contributed by atoms with van der Waals surface area (Å²) < 4.78 is 47.7. The van der Waals surface area contributed by atoms with Crippen LogP contribution in [0.4, 0.5) is 18.0 Å². The third-order valence-corrected chi connectivity index (χ3v) is 6.89. The molecule has 0 N–H and O–H groups in total. The number of aromatic nitrogens is 2. The van der Waals surface area contributed by atoms with E-state index in [9.17, 15) is 18.0 Å². The van der Waals surface area contributed by atoms with Crippen LogP contribution in [-0.2, 0) is 23.9 Å². The molecule has 2 aliphatic rings. The number of carbonyl (C=O) groups is 1. The highest BCUT2D eigenvalue weighted by molar-refractivity contribution is 14.1. The van der Waals surface area contributed by atoms with Gasteiger partial charge in [0.15, 0.2) is 0 Å². The summed E-state index contributed by atoms with van der Waals surface area (Å²) in [5.41, 5.74) is 0.524. The molecule has 0 saturated heterocycles. The molecule has 1 fully saturated rings. The van der Waals surface area contributed by atoms with Crippen LogP contribution in [0, 0.1) is 3.70 Å². The third-order valence-electron chi connectivity index (χ3n) is 6.10. The predicted molar refractivity (Wildman–Crippen MR) is 127 cm³/mol. The summed E-state index contributed by atoms with van der Waals surface area (Å²) in [6.07, 6.45) is -1.36. The number of carbonyl (C=O) groups excluding carboxylic acids is 1. The average molecular weight is 575 g/mol. The normalized spacial score (nSPS) is 21.2. The van der Waals surface area contributed by atoms with Gasteiger partial charge in [0.2, 0.25) is 0 Å². The Morgan fingerprint density at radius 3 is 2.36 bits per heavy atom. The zero-order valence-corrected chi connectivity index (χ0v) is 21.4. The number of nitrogens with zero attached hydrogens (tertiary/aromatic N) is 3. The Morgan fingerprint density at radius 2 is 1.82 bits per heavy atom. The number of alkyl halides is 3. The Labute approximate surface area is 205 Å². The average Bonchev–Trinajstić information content (AvgIpc) is 3.48. The van der Waals surface area contributed by atoms with Crippen molar-refractivity contribution < 1.29 is 22.7 Å². The van der Waals surface area contributed by atoms with Crippen molar-refractivity contribution in [2.24, 2.45) is 0 Å². The van der Waals surface area contributed by atoms with Crippen molar-refractivity contribution >= 4 is 28.7 Å². The molecule has 1 saturated carbocycles. The van der Waals surface area contributed by atoms with Crippen LogP contribution in [0.15, 0.2) is 24.3 Å². The first-order valence-electron chi connectivity index (χ1n) is 11.3. The van der Waals surface area contributed by atoms with Gasteiger partial charge in [-0.1, -0.05) is 12.1 Å². The summed E-state index contributed by atoms with van der Waals surface area (Å²) in [5.74, 6) is 1.56. The fraction of sp³-hybridized carbons (Fsp3) is 0.583. The first-order chi connectivity index (χ1) is 15.3. The predicted octanol–water partition coefficient (Wildman–Crippen LogP) is 6.70. The molecular formula is C24H29F3IN3O2. The van der Waals surface area contributed by atoms with Gasteiger partial charge in [0, 0.05) is 12.5 Å². The molecule has 1 aliphatic heterocycles. The maximum atomic E-state index is 13.2. The largest absolute Gasteiger partial charge is 0.444 e. The van der Waals surface area contributed by atoms with Crippen LogP contribution in [0.25, 0.3) is 0 Å². The van der Waals surface area contributed by atoms with Gasteiger partial charge in [-0.15, -0.1) is 0 Å². The van der Waals surface area contributed by atoms with Crippen LogP contribution in [0.3, 0.4) is 0 Å². The minimum Gasteiger partial charge on any atom is -0.444 e. The second-order valence-electron chi connectivity index (χ2n) is 10.0. The molecule has 5 nitrogen and oxygen atoms in total. The lowest BCUT2D eigenvalue weighted by Gasteiger charge is -2.42. The van der Waals surface area contributed by atoms with Crippen molar-refractivity contribution in [1.29, 1.82) is 0 Å². The minimum atomic E-state index is -4.35. The lowest BCUT2D eigenvalue weighted by atomic mass is 9.97. The fourth-order valence-electron chi connectivity index (χ4n) is 4.47. The smallest absolute Gasteiger partial charge is 0.416 e. The molecule has 2 unspecified atom stereocenters. The Bertz CT molecular complexity index is 1020. The Hall–Kier alpha value is -1.78. The number of ether oxygens (including phenoxy) is 1.